The van der Waals surface area contributed by atoms with Crippen LogP contribution in [0.4, 0.5) is 10.5 Å². The van der Waals surface area contributed by atoms with Gasteiger partial charge in [0, 0.05) is 25.6 Å². The van der Waals surface area contributed by atoms with Crippen LogP contribution in [0, 0.1) is 6.92 Å². The summed E-state index contributed by atoms with van der Waals surface area (Å²) < 4.78 is 7.31. The highest BCUT2D eigenvalue weighted by Gasteiger charge is 2.38. The standard InChI is InChI=1S/C25H16Br2Cl2N2O4/c1-13-19(28)7-4-8-21(13)31-24(33)17(23(32)30-25(31)34)10-15-9-16(26)11-18(27)22(15)35-12-14-5-2-3-6-20(14)29/h2-11H,12H2,1H3,(H,30,32,34)/b17-10+. The molecule has 0 aromatic heterocycles. The summed E-state index contributed by atoms with van der Waals surface area (Å²) in [5.74, 6) is -1.20. The zero-order valence-electron chi connectivity index (χ0n) is 18.1. The van der Waals surface area contributed by atoms with Crippen molar-refractivity contribution in [1.82, 2.24) is 5.32 Å². The molecule has 3 aromatic carbocycles. The Bertz CT molecular complexity index is 1410. The van der Waals surface area contributed by atoms with Crippen molar-refractivity contribution in [1.29, 1.82) is 0 Å². The molecular weight excluding hydrogens is 623 g/mol. The van der Waals surface area contributed by atoms with Crippen molar-refractivity contribution in [3.63, 3.8) is 0 Å². The van der Waals surface area contributed by atoms with Crippen molar-refractivity contribution < 1.29 is 19.1 Å². The molecule has 0 radical (unpaired) electrons. The van der Waals surface area contributed by atoms with Crippen LogP contribution in [0.1, 0.15) is 16.7 Å². The van der Waals surface area contributed by atoms with Crippen molar-refractivity contribution >= 4 is 84.7 Å². The number of urea groups is 1. The van der Waals surface area contributed by atoms with E-state index in [-0.39, 0.29) is 17.9 Å². The van der Waals surface area contributed by atoms with E-state index >= 15 is 0 Å². The molecule has 0 atom stereocenters. The second-order valence-electron chi connectivity index (χ2n) is 7.53. The summed E-state index contributed by atoms with van der Waals surface area (Å²) in [6.07, 6.45) is 1.38. The number of amides is 4. The van der Waals surface area contributed by atoms with E-state index in [0.717, 1.165) is 10.5 Å². The molecule has 35 heavy (non-hydrogen) atoms. The van der Waals surface area contributed by atoms with Crippen molar-refractivity contribution in [2.75, 3.05) is 4.90 Å². The molecule has 0 saturated carbocycles. The van der Waals surface area contributed by atoms with Crippen LogP contribution < -0.4 is 15.0 Å². The molecule has 0 bridgehead atoms. The van der Waals surface area contributed by atoms with Crippen LogP contribution in [-0.2, 0) is 16.2 Å². The Balaban J connectivity index is 1.75. The highest BCUT2D eigenvalue weighted by atomic mass is 79.9. The van der Waals surface area contributed by atoms with Gasteiger partial charge in [0.2, 0.25) is 0 Å². The molecule has 1 saturated heterocycles. The Labute approximate surface area is 228 Å². The van der Waals surface area contributed by atoms with E-state index in [0.29, 0.717) is 35.9 Å². The lowest BCUT2D eigenvalue weighted by Gasteiger charge is -2.28. The first-order valence-electron chi connectivity index (χ1n) is 10.2. The zero-order valence-corrected chi connectivity index (χ0v) is 22.8. The lowest BCUT2D eigenvalue weighted by molar-refractivity contribution is -0.122. The maximum atomic E-state index is 13.4. The Morgan fingerprint density at radius 1 is 1.00 bits per heavy atom. The quantitative estimate of drug-likeness (QED) is 0.240. The van der Waals surface area contributed by atoms with Crippen LogP contribution in [-0.4, -0.2) is 17.8 Å². The number of hydrogen-bond acceptors (Lipinski definition) is 4. The number of halogens is 4. The fourth-order valence-corrected chi connectivity index (χ4v) is 5.21. The molecule has 4 rings (SSSR count). The van der Waals surface area contributed by atoms with Crippen molar-refractivity contribution in [2.45, 2.75) is 13.5 Å². The number of anilines is 1. The van der Waals surface area contributed by atoms with E-state index in [2.05, 4.69) is 37.2 Å². The summed E-state index contributed by atoms with van der Waals surface area (Å²) in [5, 5.41) is 3.16. The van der Waals surface area contributed by atoms with Crippen LogP contribution in [0.5, 0.6) is 5.75 Å². The smallest absolute Gasteiger partial charge is 0.335 e. The average Bonchev–Trinajstić information content (AvgIpc) is 2.79. The summed E-state index contributed by atoms with van der Waals surface area (Å²) in [7, 11) is 0. The lowest BCUT2D eigenvalue weighted by Crippen LogP contribution is -2.54. The number of nitrogens with one attached hydrogen (secondary N) is 1. The van der Waals surface area contributed by atoms with Crippen LogP contribution in [0.25, 0.3) is 6.08 Å². The summed E-state index contributed by atoms with van der Waals surface area (Å²) in [6, 6.07) is 14.7. The molecule has 1 N–H and O–H groups in total. The van der Waals surface area contributed by atoms with Crippen molar-refractivity contribution in [3.05, 3.63) is 95.9 Å². The molecule has 10 heteroatoms. The number of hydrogen-bond donors (Lipinski definition) is 1. The molecule has 6 nitrogen and oxygen atoms in total. The van der Waals surface area contributed by atoms with Gasteiger partial charge in [-0.15, -0.1) is 0 Å². The van der Waals surface area contributed by atoms with Crippen LogP contribution in [0.3, 0.4) is 0 Å². The fourth-order valence-electron chi connectivity index (χ4n) is 3.48. The topological polar surface area (TPSA) is 75.7 Å². The number of ether oxygens (including phenoxy) is 1. The number of carbonyl (C=O) groups excluding carboxylic acids is 3. The van der Waals surface area contributed by atoms with Gasteiger partial charge in [-0.05, 0) is 64.8 Å². The third kappa shape index (κ3) is 5.30. The Morgan fingerprint density at radius 2 is 1.71 bits per heavy atom. The molecule has 1 heterocycles. The fraction of sp³-hybridized carbons (Fsp3) is 0.0800. The van der Waals surface area contributed by atoms with Gasteiger partial charge in [0.05, 0.1) is 10.2 Å². The van der Waals surface area contributed by atoms with Gasteiger partial charge in [-0.3, -0.25) is 14.9 Å². The second kappa shape index (κ2) is 10.5. The molecule has 1 fully saturated rings. The van der Waals surface area contributed by atoms with E-state index in [1.54, 1.807) is 43.3 Å². The second-order valence-corrected chi connectivity index (χ2v) is 10.1. The number of nitrogens with zero attached hydrogens (tertiary/aromatic N) is 1. The van der Waals surface area contributed by atoms with Gasteiger partial charge in [-0.25, -0.2) is 9.69 Å². The molecule has 0 spiro atoms. The number of rotatable bonds is 5. The first kappa shape index (κ1) is 25.4. The number of carbonyl (C=O) groups is 3. The lowest BCUT2D eigenvalue weighted by atomic mass is 10.0. The number of benzene rings is 3. The zero-order chi connectivity index (χ0) is 25.3. The first-order valence-corrected chi connectivity index (χ1v) is 12.5. The summed E-state index contributed by atoms with van der Waals surface area (Å²) >= 11 is 19.3. The van der Waals surface area contributed by atoms with Crippen LogP contribution >= 0.6 is 55.1 Å². The maximum Gasteiger partial charge on any atom is 0.335 e. The minimum atomic E-state index is -0.854. The Kier molecular flexibility index (Phi) is 7.66. The van der Waals surface area contributed by atoms with E-state index in [1.165, 1.54) is 6.08 Å². The van der Waals surface area contributed by atoms with E-state index in [4.69, 9.17) is 27.9 Å². The van der Waals surface area contributed by atoms with E-state index in [9.17, 15) is 14.4 Å². The van der Waals surface area contributed by atoms with Gasteiger partial charge >= 0.3 is 6.03 Å². The normalized spacial score (nSPS) is 14.9. The van der Waals surface area contributed by atoms with Crippen LogP contribution in [0.15, 0.2) is 69.1 Å². The molecule has 1 aliphatic rings. The van der Waals surface area contributed by atoms with Gasteiger partial charge in [0.25, 0.3) is 11.8 Å². The van der Waals surface area contributed by atoms with E-state index < -0.39 is 17.8 Å². The molecule has 178 valence electrons. The summed E-state index contributed by atoms with van der Waals surface area (Å²) in [6.45, 7) is 1.84. The third-order valence-electron chi connectivity index (χ3n) is 5.25. The predicted octanol–water partition coefficient (Wildman–Crippen LogP) is 7.07. The number of imide groups is 2. The molecule has 3 aromatic rings. The summed E-state index contributed by atoms with van der Waals surface area (Å²) in [4.78, 5) is 39.6. The number of barbiturate groups is 1. The Morgan fingerprint density at radius 3 is 2.46 bits per heavy atom. The van der Waals surface area contributed by atoms with Gasteiger partial charge in [-0.2, -0.15) is 0 Å². The molecule has 0 aliphatic carbocycles. The van der Waals surface area contributed by atoms with Gasteiger partial charge < -0.3 is 4.74 Å². The molecule has 1 aliphatic heterocycles. The van der Waals surface area contributed by atoms with Gasteiger partial charge in [0.1, 0.15) is 17.9 Å². The highest BCUT2D eigenvalue weighted by molar-refractivity contribution is 9.11. The van der Waals surface area contributed by atoms with Crippen LogP contribution in [0.2, 0.25) is 10.0 Å². The molecular formula is C25H16Br2Cl2N2O4. The van der Waals surface area contributed by atoms with Gasteiger partial charge in [-0.1, -0.05) is 63.4 Å². The maximum absolute atomic E-state index is 13.4. The molecule has 0 unspecified atom stereocenters. The van der Waals surface area contributed by atoms with Crippen molar-refractivity contribution in [2.24, 2.45) is 0 Å². The minimum Gasteiger partial charge on any atom is -0.487 e. The van der Waals surface area contributed by atoms with Crippen molar-refractivity contribution in [3.8, 4) is 5.75 Å². The third-order valence-corrected chi connectivity index (χ3v) is 7.07. The van der Waals surface area contributed by atoms with E-state index in [1.807, 2.05) is 18.2 Å². The largest absolute Gasteiger partial charge is 0.487 e. The minimum absolute atomic E-state index is 0.155. The SMILES string of the molecule is Cc1c(Cl)cccc1N1C(=O)NC(=O)/C(=C\c2cc(Br)cc(Br)c2OCc2ccccc2Cl)C1=O. The first-order chi connectivity index (χ1) is 16.7. The monoisotopic (exact) mass is 636 g/mol. The molecule has 4 amide bonds. The van der Waals surface area contributed by atoms with Gasteiger partial charge in [0.15, 0.2) is 0 Å². The summed E-state index contributed by atoms with van der Waals surface area (Å²) in [5.41, 5.74) is 1.78. The average molecular weight is 639 g/mol. The predicted molar refractivity (Wildman–Crippen MR) is 143 cm³/mol. The Hall–Kier alpha value is -2.65. The highest BCUT2D eigenvalue weighted by Crippen LogP contribution is 2.36.